The molecule has 0 radical (unpaired) electrons. The number of ether oxygens (including phenoxy) is 1. The smallest absolute Gasteiger partial charge is 0.305 e. The zero-order chi connectivity index (χ0) is 25.2. The van der Waals surface area contributed by atoms with Gasteiger partial charge in [0.05, 0.1) is 59.0 Å². The number of para-hydroxylation sites is 2. The summed E-state index contributed by atoms with van der Waals surface area (Å²) >= 11 is 0. The van der Waals surface area contributed by atoms with Crippen LogP contribution in [0.15, 0.2) is 67.0 Å². The lowest BCUT2D eigenvalue weighted by Gasteiger charge is -2.17. The van der Waals surface area contributed by atoms with E-state index in [-0.39, 0.29) is 6.42 Å². The summed E-state index contributed by atoms with van der Waals surface area (Å²) in [6.45, 7) is 1.51. The number of aryl methyl sites for hydroxylation is 1. The van der Waals surface area contributed by atoms with Gasteiger partial charge in [0.25, 0.3) is 0 Å². The number of pyridine rings is 1. The fourth-order valence-corrected chi connectivity index (χ4v) is 4.77. The van der Waals surface area contributed by atoms with E-state index in [0.29, 0.717) is 24.2 Å². The number of nitrogens with zero attached hydrogens (tertiary/aromatic N) is 5. The van der Waals surface area contributed by atoms with Gasteiger partial charge in [0.1, 0.15) is 11.8 Å². The van der Waals surface area contributed by atoms with Gasteiger partial charge in [-0.25, -0.2) is 4.98 Å². The quantitative estimate of drug-likeness (QED) is 0.326. The number of hydrogen-bond acceptors (Lipinski definition) is 7. The SMILES string of the molecule is O=C(O)C[C@@H](c1cnc2ccccc2n1)n1ncc2cc(OCCc3ccc4c(n3)CCCN4)ccc21. The van der Waals surface area contributed by atoms with Crippen molar-refractivity contribution >= 4 is 33.6 Å². The van der Waals surface area contributed by atoms with Crippen LogP contribution in [0.2, 0.25) is 0 Å². The Morgan fingerprint density at radius 1 is 1.08 bits per heavy atom. The second-order valence-corrected chi connectivity index (χ2v) is 9.13. The summed E-state index contributed by atoms with van der Waals surface area (Å²) in [5.41, 5.74) is 6.11. The summed E-state index contributed by atoms with van der Waals surface area (Å²) in [7, 11) is 0. The van der Waals surface area contributed by atoms with Crippen LogP contribution in [0.4, 0.5) is 5.69 Å². The van der Waals surface area contributed by atoms with E-state index in [0.717, 1.165) is 58.6 Å². The molecule has 37 heavy (non-hydrogen) atoms. The molecule has 9 heteroatoms. The fourth-order valence-electron chi connectivity index (χ4n) is 4.77. The highest BCUT2D eigenvalue weighted by molar-refractivity contribution is 5.81. The van der Waals surface area contributed by atoms with Crippen molar-refractivity contribution in [2.75, 3.05) is 18.5 Å². The summed E-state index contributed by atoms with van der Waals surface area (Å²) in [4.78, 5) is 25.7. The molecule has 0 saturated carbocycles. The molecule has 0 spiro atoms. The van der Waals surface area contributed by atoms with Crippen LogP contribution in [0.1, 0.15) is 36.0 Å². The van der Waals surface area contributed by atoms with E-state index in [1.165, 1.54) is 0 Å². The van der Waals surface area contributed by atoms with Gasteiger partial charge < -0.3 is 15.2 Å². The third-order valence-electron chi connectivity index (χ3n) is 6.60. The summed E-state index contributed by atoms with van der Waals surface area (Å²) in [6.07, 6.45) is 6.02. The van der Waals surface area contributed by atoms with E-state index in [2.05, 4.69) is 26.4 Å². The van der Waals surface area contributed by atoms with Crippen molar-refractivity contribution in [3.63, 3.8) is 0 Å². The first-order chi connectivity index (χ1) is 18.1. The van der Waals surface area contributed by atoms with Crippen LogP contribution in [-0.4, -0.2) is 49.0 Å². The third-order valence-corrected chi connectivity index (χ3v) is 6.60. The summed E-state index contributed by atoms with van der Waals surface area (Å²) in [5.74, 6) is -0.206. The molecular weight excluding hydrogens is 468 g/mol. The molecular formula is C28H26N6O3. The highest BCUT2D eigenvalue weighted by Gasteiger charge is 2.23. The maximum absolute atomic E-state index is 11.7. The van der Waals surface area contributed by atoms with E-state index in [1.54, 1.807) is 17.1 Å². The standard InChI is InChI=1S/C28H26N6O3/c35-28(36)15-27(25-17-30-21-4-1-2-5-24(21)33-25)34-26-10-8-20(14-18(26)16-31-34)37-13-11-19-7-9-22-23(32-19)6-3-12-29-22/h1-2,4-5,7-10,14,16-17,27,29H,3,6,11-13,15H2,(H,35,36)/t27-/m0/s1. The van der Waals surface area contributed by atoms with Crippen molar-refractivity contribution in [1.82, 2.24) is 24.7 Å². The minimum absolute atomic E-state index is 0.161. The van der Waals surface area contributed by atoms with Gasteiger partial charge in [-0.3, -0.25) is 19.4 Å². The Morgan fingerprint density at radius 3 is 2.86 bits per heavy atom. The summed E-state index contributed by atoms with van der Waals surface area (Å²) < 4.78 is 7.73. The highest BCUT2D eigenvalue weighted by atomic mass is 16.5. The number of aromatic nitrogens is 5. The number of anilines is 1. The Labute approximate surface area is 213 Å². The number of carboxylic acids is 1. The first-order valence-corrected chi connectivity index (χ1v) is 12.4. The predicted molar refractivity (Wildman–Crippen MR) is 140 cm³/mol. The second-order valence-electron chi connectivity index (χ2n) is 9.13. The van der Waals surface area contributed by atoms with Crippen LogP contribution in [0.25, 0.3) is 21.9 Å². The first kappa shape index (κ1) is 22.9. The van der Waals surface area contributed by atoms with E-state index in [1.807, 2.05) is 48.5 Å². The van der Waals surface area contributed by atoms with Crippen molar-refractivity contribution in [2.24, 2.45) is 0 Å². The topological polar surface area (TPSA) is 115 Å². The van der Waals surface area contributed by atoms with Crippen molar-refractivity contribution < 1.29 is 14.6 Å². The average molecular weight is 495 g/mol. The molecule has 2 aromatic carbocycles. The number of benzene rings is 2. The lowest BCUT2D eigenvalue weighted by atomic mass is 10.1. The molecule has 1 aliphatic rings. The van der Waals surface area contributed by atoms with Crippen LogP contribution in [0, 0.1) is 0 Å². The van der Waals surface area contributed by atoms with Crippen LogP contribution in [0.3, 0.4) is 0 Å². The number of carbonyl (C=O) groups is 1. The molecule has 0 saturated heterocycles. The van der Waals surface area contributed by atoms with Gasteiger partial charge in [0.15, 0.2) is 0 Å². The zero-order valence-electron chi connectivity index (χ0n) is 20.2. The number of fused-ring (bicyclic) bond motifs is 3. The monoisotopic (exact) mass is 494 g/mol. The van der Waals surface area contributed by atoms with Gasteiger partial charge in [0.2, 0.25) is 0 Å². The number of rotatable bonds is 8. The molecule has 2 N–H and O–H groups in total. The molecule has 1 atom stereocenters. The Kier molecular flexibility index (Phi) is 6.10. The van der Waals surface area contributed by atoms with Gasteiger partial charge in [-0.15, -0.1) is 0 Å². The first-order valence-electron chi connectivity index (χ1n) is 12.4. The second kappa shape index (κ2) is 9.85. The molecule has 5 aromatic rings. The van der Waals surface area contributed by atoms with Crippen molar-refractivity contribution in [2.45, 2.75) is 31.7 Å². The minimum atomic E-state index is -0.935. The molecule has 3 aromatic heterocycles. The average Bonchev–Trinajstić information content (AvgIpc) is 3.34. The molecule has 6 rings (SSSR count). The summed E-state index contributed by atoms with van der Waals surface area (Å²) in [5, 5.41) is 18.4. The number of carboxylic acid groups (broad SMARTS) is 1. The van der Waals surface area contributed by atoms with E-state index < -0.39 is 12.0 Å². The molecule has 4 heterocycles. The van der Waals surface area contributed by atoms with Crippen LogP contribution in [-0.2, 0) is 17.6 Å². The Hall–Kier alpha value is -4.53. The van der Waals surface area contributed by atoms with Crippen molar-refractivity contribution in [1.29, 1.82) is 0 Å². The highest BCUT2D eigenvalue weighted by Crippen LogP contribution is 2.28. The predicted octanol–water partition coefficient (Wildman–Crippen LogP) is 4.42. The Bertz CT molecular complexity index is 1600. The maximum atomic E-state index is 11.7. The number of aliphatic carboxylic acids is 1. The lowest BCUT2D eigenvalue weighted by molar-refractivity contribution is -0.137. The third kappa shape index (κ3) is 4.80. The largest absolute Gasteiger partial charge is 0.493 e. The van der Waals surface area contributed by atoms with Crippen LogP contribution in [0.5, 0.6) is 5.75 Å². The molecule has 0 fully saturated rings. The van der Waals surface area contributed by atoms with Crippen molar-refractivity contribution in [3.8, 4) is 5.75 Å². The van der Waals surface area contributed by atoms with E-state index in [4.69, 9.17) is 9.72 Å². The Balaban J connectivity index is 1.21. The Morgan fingerprint density at radius 2 is 1.97 bits per heavy atom. The van der Waals surface area contributed by atoms with Crippen molar-refractivity contribution in [3.05, 3.63) is 84.1 Å². The maximum Gasteiger partial charge on any atom is 0.305 e. The molecule has 0 bridgehead atoms. The molecule has 186 valence electrons. The number of hydrogen-bond donors (Lipinski definition) is 2. The van der Waals surface area contributed by atoms with Crippen LogP contribution < -0.4 is 10.1 Å². The summed E-state index contributed by atoms with van der Waals surface area (Å²) in [6, 6.07) is 16.8. The van der Waals surface area contributed by atoms with Crippen LogP contribution >= 0.6 is 0 Å². The van der Waals surface area contributed by atoms with E-state index >= 15 is 0 Å². The molecule has 1 aliphatic heterocycles. The zero-order valence-corrected chi connectivity index (χ0v) is 20.2. The normalized spacial score (nSPS) is 13.7. The van der Waals surface area contributed by atoms with Gasteiger partial charge in [-0.2, -0.15) is 5.10 Å². The van der Waals surface area contributed by atoms with Gasteiger partial charge in [0, 0.05) is 24.0 Å². The number of nitrogens with one attached hydrogen (secondary N) is 1. The fraction of sp³-hybridized carbons (Fsp3) is 0.250. The molecule has 0 amide bonds. The van der Waals surface area contributed by atoms with Gasteiger partial charge >= 0.3 is 5.97 Å². The van der Waals surface area contributed by atoms with E-state index in [9.17, 15) is 9.90 Å². The molecule has 0 aliphatic carbocycles. The molecule has 9 nitrogen and oxygen atoms in total. The van der Waals surface area contributed by atoms with Gasteiger partial charge in [-0.05, 0) is 55.3 Å². The molecule has 0 unspecified atom stereocenters. The minimum Gasteiger partial charge on any atom is -0.493 e. The van der Waals surface area contributed by atoms with Gasteiger partial charge in [-0.1, -0.05) is 12.1 Å². The lowest BCUT2D eigenvalue weighted by Crippen LogP contribution is -2.18.